The van der Waals surface area contributed by atoms with Crippen LogP contribution in [0.4, 0.5) is 10.8 Å². The first kappa shape index (κ1) is 10.0. The molecule has 0 spiro atoms. The molecule has 0 atom stereocenters. The van der Waals surface area contributed by atoms with E-state index >= 15 is 0 Å². The molecule has 0 fully saturated rings. The van der Waals surface area contributed by atoms with Crippen molar-refractivity contribution in [2.45, 2.75) is 13.8 Å². The molecule has 0 aliphatic carbocycles. The van der Waals surface area contributed by atoms with Gasteiger partial charge in [-0.3, -0.25) is 0 Å². The predicted octanol–water partition coefficient (Wildman–Crippen LogP) is 2.32. The summed E-state index contributed by atoms with van der Waals surface area (Å²) in [6.07, 6.45) is 0. The fourth-order valence-electron chi connectivity index (χ4n) is 1.30. The molecule has 2 aromatic rings. The second kappa shape index (κ2) is 3.94. The Bertz CT molecular complexity index is 452. The van der Waals surface area contributed by atoms with E-state index in [9.17, 15) is 0 Å². The molecule has 0 unspecified atom stereocenters. The minimum Gasteiger partial charge on any atom is -0.318 e. The van der Waals surface area contributed by atoms with E-state index in [1.54, 1.807) is 0 Å². The molecule has 78 valence electrons. The number of nitrogens with zero attached hydrogens (tertiary/aromatic N) is 4. The molecule has 0 saturated carbocycles. The SMILES string of the molecule is Cc1ccc(N(C)c2nnns2)cc1C. The van der Waals surface area contributed by atoms with Crippen molar-refractivity contribution in [2.75, 3.05) is 11.9 Å². The van der Waals surface area contributed by atoms with Gasteiger partial charge in [0.05, 0.1) is 0 Å². The summed E-state index contributed by atoms with van der Waals surface area (Å²) in [6, 6.07) is 6.32. The highest BCUT2D eigenvalue weighted by atomic mass is 32.1. The summed E-state index contributed by atoms with van der Waals surface area (Å²) < 4.78 is 3.75. The maximum Gasteiger partial charge on any atom is 0.232 e. The van der Waals surface area contributed by atoms with Gasteiger partial charge >= 0.3 is 0 Å². The van der Waals surface area contributed by atoms with Gasteiger partial charge in [0.1, 0.15) is 0 Å². The highest BCUT2D eigenvalue weighted by molar-refractivity contribution is 7.09. The van der Waals surface area contributed by atoms with Gasteiger partial charge in [-0.25, -0.2) is 0 Å². The first-order valence-electron chi connectivity index (χ1n) is 4.64. The Morgan fingerprint density at radius 3 is 2.60 bits per heavy atom. The first-order chi connectivity index (χ1) is 7.18. The van der Waals surface area contributed by atoms with Crippen LogP contribution in [0.5, 0.6) is 0 Å². The van der Waals surface area contributed by atoms with Crippen molar-refractivity contribution >= 4 is 22.4 Å². The number of rotatable bonds is 2. The number of hydrogen-bond donors (Lipinski definition) is 0. The molecule has 4 nitrogen and oxygen atoms in total. The molecule has 1 heterocycles. The quantitative estimate of drug-likeness (QED) is 0.779. The van der Waals surface area contributed by atoms with Gasteiger partial charge in [-0.15, -0.1) is 0 Å². The third-order valence-corrected chi connectivity index (χ3v) is 3.13. The van der Waals surface area contributed by atoms with E-state index in [0.717, 1.165) is 10.8 Å². The fraction of sp³-hybridized carbons (Fsp3) is 0.300. The van der Waals surface area contributed by atoms with Crippen molar-refractivity contribution in [1.82, 2.24) is 14.8 Å². The molecule has 0 radical (unpaired) electrons. The molecule has 15 heavy (non-hydrogen) atoms. The van der Waals surface area contributed by atoms with E-state index in [2.05, 4.69) is 46.8 Å². The Morgan fingerprint density at radius 1 is 1.20 bits per heavy atom. The van der Waals surface area contributed by atoms with Gasteiger partial charge < -0.3 is 4.90 Å². The Balaban J connectivity index is 2.34. The minimum atomic E-state index is 0.804. The smallest absolute Gasteiger partial charge is 0.232 e. The Morgan fingerprint density at radius 2 is 2.00 bits per heavy atom. The summed E-state index contributed by atoms with van der Waals surface area (Å²) in [7, 11) is 1.96. The van der Waals surface area contributed by atoms with Crippen molar-refractivity contribution in [3.05, 3.63) is 29.3 Å². The molecule has 1 aromatic heterocycles. The standard InChI is InChI=1S/C10H12N4S/c1-7-4-5-9(6-8(7)2)14(3)10-11-12-13-15-10/h4-6H,1-3H3. The van der Waals surface area contributed by atoms with Gasteiger partial charge in [-0.05, 0) is 42.3 Å². The molecule has 1 aromatic carbocycles. The van der Waals surface area contributed by atoms with E-state index in [1.165, 1.54) is 22.7 Å². The molecule has 0 bridgehead atoms. The molecule has 0 aliphatic rings. The maximum atomic E-state index is 3.93. The normalized spacial score (nSPS) is 10.3. The van der Waals surface area contributed by atoms with E-state index in [1.807, 2.05) is 11.9 Å². The third-order valence-electron chi connectivity index (χ3n) is 2.45. The average molecular weight is 220 g/mol. The summed E-state index contributed by atoms with van der Waals surface area (Å²) in [6.45, 7) is 4.21. The number of benzene rings is 1. The van der Waals surface area contributed by atoms with Crippen LogP contribution >= 0.6 is 11.5 Å². The first-order valence-corrected chi connectivity index (χ1v) is 5.42. The topological polar surface area (TPSA) is 41.9 Å². The lowest BCUT2D eigenvalue weighted by molar-refractivity contribution is 0.944. The molecule has 0 N–H and O–H groups in total. The Kier molecular flexibility index (Phi) is 2.64. The van der Waals surface area contributed by atoms with Crippen LogP contribution in [-0.2, 0) is 0 Å². The van der Waals surface area contributed by atoms with Gasteiger partial charge in [0.2, 0.25) is 5.13 Å². The van der Waals surface area contributed by atoms with Crippen molar-refractivity contribution in [3.63, 3.8) is 0 Å². The minimum absolute atomic E-state index is 0.804. The van der Waals surface area contributed by atoms with Crippen molar-refractivity contribution in [3.8, 4) is 0 Å². The van der Waals surface area contributed by atoms with E-state index < -0.39 is 0 Å². The average Bonchev–Trinajstić information content (AvgIpc) is 2.74. The molecule has 0 aliphatic heterocycles. The molecule has 5 heteroatoms. The number of anilines is 2. The van der Waals surface area contributed by atoms with Gasteiger partial charge in [-0.2, -0.15) is 0 Å². The Labute approximate surface area is 92.7 Å². The highest BCUT2D eigenvalue weighted by Crippen LogP contribution is 2.24. The van der Waals surface area contributed by atoms with E-state index in [-0.39, 0.29) is 0 Å². The molecular weight excluding hydrogens is 208 g/mol. The summed E-state index contributed by atoms with van der Waals surface area (Å²) in [5, 5.41) is 8.32. The Hall–Kier alpha value is -1.49. The summed E-state index contributed by atoms with van der Waals surface area (Å²) in [5.41, 5.74) is 3.68. The zero-order valence-electron chi connectivity index (χ0n) is 8.93. The predicted molar refractivity (Wildman–Crippen MR) is 61.7 cm³/mol. The van der Waals surface area contributed by atoms with Crippen LogP contribution in [0.1, 0.15) is 11.1 Å². The van der Waals surface area contributed by atoms with Crippen LogP contribution in [-0.4, -0.2) is 21.8 Å². The van der Waals surface area contributed by atoms with Gasteiger partial charge in [0, 0.05) is 24.3 Å². The lowest BCUT2D eigenvalue weighted by Gasteiger charge is -2.15. The fourth-order valence-corrected chi connectivity index (χ4v) is 1.75. The summed E-state index contributed by atoms with van der Waals surface area (Å²) in [4.78, 5) is 1.98. The third kappa shape index (κ3) is 1.97. The van der Waals surface area contributed by atoms with Crippen LogP contribution in [0.15, 0.2) is 18.2 Å². The second-order valence-corrected chi connectivity index (χ2v) is 4.18. The van der Waals surface area contributed by atoms with Gasteiger partial charge in [-0.1, -0.05) is 15.7 Å². The number of aryl methyl sites for hydroxylation is 2. The largest absolute Gasteiger partial charge is 0.318 e. The lowest BCUT2D eigenvalue weighted by Crippen LogP contribution is -2.09. The van der Waals surface area contributed by atoms with Crippen LogP contribution in [0.2, 0.25) is 0 Å². The van der Waals surface area contributed by atoms with Crippen molar-refractivity contribution < 1.29 is 0 Å². The number of aromatic nitrogens is 3. The zero-order chi connectivity index (χ0) is 10.8. The van der Waals surface area contributed by atoms with Crippen LogP contribution in [0, 0.1) is 13.8 Å². The number of hydrogen-bond acceptors (Lipinski definition) is 5. The van der Waals surface area contributed by atoms with Crippen LogP contribution < -0.4 is 4.90 Å². The molecular formula is C10H12N4S. The molecule has 0 saturated heterocycles. The van der Waals surface area contributed by atoms with Crippen molar-refractivity contribution in [2.24, 2.45) is 0 Å². The lowest BCUT2D eigenvalue weighted by atomic mass is 10.1. The monoisotopic (exact) mass is 220 g/mol. The van der Waals surface area contributed by atoms with Gasteiger partial charge in [0.25, 0.3) is 0 Å². The maximum absolute atomic E-state index is 3.93. The van der Waals surface area contributed by atoms with Crippen molar-refractivity contribution in [1.29, 1.82) is 0 Å². The summed E-state index contributed by atoms with van der Waals surface area (Å²) in [5.74, 6) is 0. The van der Waals surface area contributed by atoms with Gasteiger partial charge in [0.15, 0.2) is 0 Å². The second-order valence-electron chi connectivity index (χ2n) is 3.47. The highest BCUT2D eigenvalue weighted by Gasteiger charge is 2.08. The van der Waals surface area contributed by atoms with Crippen LogP contribution in [0.25, 0.3) is 0 Å². The van der Waals surface area contributed by atoms with Crippen LogP contribution in [0.3, 0.4) is 0 Å². The van der Waals surface area contributed by atoms with E-state index in [0.29, 0.717) is 0 Å². The summed E-state index contributed by atoms with van der Waals surface area (Å²) >= 11 is 1.29. The van der Waals surface area contributed by atoms with E-state index in [4.69, 9.17) is 0 Å². The molecule has 0 amide bonds. The zero-order valence-corrected chi connectivity index (χ0v) is 9.75. The molecule has 2 rings (SSSR count).